The van der Waals surface area contributed by atoms with E-state index in [1.807, 2.05) is 44.2 Å². The number of hydrogen-bond acceptors (Lipinski definition) is 4. The van der Waals surface area contributed by atoms with Gasteiger partial charge < -0.3 is 10.2 Å². The Bertz CT molecular complexity index is 1780. The fourth-order valence-corrected chi connectivity index (χ4v) is 7.29. The van der Waals surface area contributed by atoms with Gasteiger partial charge in [0.05, 0.1) is 10.6 Å². The Balaban J connectivity index is 1.85. The van der Waals surface area contributed by atoms with Crippen LogP contribution >= 0.6 is 34.8 Å². The van der Waals surface area contributed by atoms with Crippen LogP contribution in [0.1, 0.15) is 42.0 Å². The highest BCUT2D eigenvalue weighted by atomic mass is 35.5. The molecule has 2 amide bonds. The van der Waals surface area contributed by atoms with Gasteiger partial charge in [-0.15, -0.1) is 0 Å². The van der Waals surface area contributed by atoms with Gasteiger partial charge in [-0.05, 0) is 67.8 Å². The van der Waals surface area contributed by atoms with Crippen molar-refractivity contribution in [1.82, 2.24) is 10.2 Å². The van der Waals surface area contributed by atoms with E-state index in [1.165, 1.54) is 17.0 Å². The van der Waals surface area contributed by atoms with Crippen LogP contribution in [0.3, 0.4) is 0 Å². The van der Waals surface area contributed by atoms with E-state index >= 15 is 0 Å². The molecule has 248 valence electrons. The third-order valence-corrected chi connectivity index (χ3v) is 10.8. The third-order valence-electron chi connectivity index (χ3n) is 7.89. The first-order chi connectivity index (χ1) is 22.4. The number of unbranched alkanes of at least 4 members (excludes halogenated alkanes) is 1. The summed E-state index contributed by atoms with van der Waals surface area (Å²) in [5.74, 6) is -0.992. The number of hydrogen-bond donors (Lipinski definition) is 1. The summed E-state index contributed by atoms with van der Waals surface area (Å²) < 4.78 is 29.6. The van der Waals surface area contributed by atoms with Gasteiger partial charge in [0.1, 0.15) is 12.6 Å². The van der Waals surface area contributed by atoms with Crippen molar-refractivity contribution in [3.8, 4) is 0 Å². The molecule has 0 aliphatic rings. The summed E-state index contributed by atoms with van der Waals surface area (Å²) in [6.45, 7) is 5.24. The van der Waals surface area contributed by atoms with Crippen LogP contribution in [-0.4, -0.2) is 44.3 Å². The highest BCUT2D eigenvalue weighted by molar-refractivity contribution is 7.92. The predicted octanol–water partition coefficient (Wildman–Crippen LogP) is 8.02. The Morgan fingerprint density at radius 2 is 1.43 bits per heavy atom. The van der Waals surface area contributed by atoms with Gasteiger partial charge in [0.25, 0.3) is 10.0 Å². The van der Waals surface area contributed by atoms with Gasteiger partial charge >= 0.3 is 0 Å². The molecule has 4 aromatic carbocycles. The van der Waals surface area contributed by atoms with Crippen LogP contribution in [0.2, 0.25) is 15.1 Å². The number of aryl methyl sites for hydroxylation is 1. The van der Waals surface area contributed by atoms with Crippen LogP contribution in [0.25, 0.3) is 0 Å². The van der Waals surface area contributed by atoms with Crippen molar-refractivity contribution in [1.29, 1.82) is 0 Å². The highest BCUT2D eigenvalue weighted by Gasteiger charge is 2.35. The molecular weight excluding hydrogens is 677 g/mol. The second-order valence-electron chi connectivity index (χ2n) is 11.3. The van der Waals surface area contributed by atoms with Crippen LogP contribution in [0.15, 0.2) is 95.9 Å². The summed E-state index contributed by atoms with van der Waals surface area (Å²) in [6, 6.07) is 24.6. The third kappa shape index (κ3) is 9.08. The Morgan fingerprint density at radius 1 is 0.809 bits per heavy atom. The zero-order chi connectivity index (χ0) is 34.1. The maximum Gasteiger partial charge on any atom is 0.264 e. The fourth-order valence-electron chi connectivity index (χ4n) is 5.13. The molecule has 0 radical (unpaired) electrons. The molecule has 0 heterocycles. The number of carbonyl (C=O) groups excluding carboxylic acids is 2. The number of amides is 2. The molecule has 4 rings (SSSR count). The lowest BCUT2D eigenvalue weighted by molar-refractivity contribution is -0.140. The number of nitrogens with zero attached hydrogens (tertiary/aromatic N) is 2. The zero-order valence-electron chi connectivity index (χ0n) is 26.5. The summed E-state index contributed by atoms with van der Waals surface area (Å²) in [5, 5.41) is 3.94. The van der Waals surface area contributed by atoms with Crippen molar-refractivity contribution in [3.05, 3.63) is 128 Å². The van der Waals surface area contributed by atoms with Gasteiger partial charge in [0.2, 0.25) is 11.8 Å². The minimum atomic E-state index is -4.28. The van der Waals surface area contributed by atoms with E-state index in [2.05, 4.69) is 5.32 Å². The summed E-state index contributed by atoms with van der Waals surface area (Å²) in [4.78, 5) is 30.0. The average Bonchev–Trinajstić information content (AvgIpc) is 3.05. The molecule has 0 bridgehead atoms. The Morgan fingerprint density at radius 3 is 2.06 bits per heavy atom. The number of halogens is 3. The molecule has 1 atom stereocenters. The molecule has 0 fully saturated rings. The molecule has 47 heavy (non-hydrogen) atoms. The average molecular weight is 715 g/mol. The zero-order valence-corrected chi connectivity index (χ0v) is 29.6. The number of rotatable bonds is 14. The van der Waals surface area contributed by atoms with Gasteiger partial charge in [0, 0.05) is 40.1 Å². The van der Waals surface area contributed by atoms with Gasteiger partial charge in [-0.25, -0.2) is 8.42 Å². The number of anilines is 1. The van der Waals surface area contributed by atoms with Gasteiger partial charge in [-0.1, -0.05) is 108 Å². The van der Waals surface area contributed by atoms with Crippen molar-refractivity contribution < 1.29 is 18.0 Å². The molecule has 0 aromatic heterocycles. The fraction of sp³-hybridized carbons (Fsp3) is 0.278. The van der Waals surface area contributed by atoms with Crippen LogP contribution < -0.4 is 9.62 Å². The molecule has 11 heteroatoms. The largest absolute Gasteiger partial charge is 0.354 e. The van der Waals surface area contributed by atoms with Crippen LogP contribution in [0.5, 0.6) is 0 Å². The van der Waals surface area contributed by atoms with Gasteiger partial charge in [-0.2, -0.15) is 0 Å². The van der Waals surface area contributed by atoms with Crippen molar-refractivity contribution in [2.24, 2.45) is 0 Å². The van der Waals surface area contributed by atoms with Crippen molar-refractivity contribution >= 4 is 62.3 Å². The van der Waals surface area contributed by atoms with E-state index < -0.39 is 28.5 Å². The molecule has 0 spiro atoms. The molecule has 0 saturated carbocycles. The second kappa shape index (κ2) is 16.5. The monoisotopic (exact) mass is 713 g/mol. The minimum Gasteiger partial charge on any atom is -0.354 e. The van der Waals surface area contributed by atoms with Crippen molar-refractivity contribution in [3.63, 3.8) is 0 Å². The topological polar surface area (TPSA) is 86.8 Å². The van der Waals surface area contributed by atoms with E-state index in [1.54, 1.807) is 55.5 Å². The predicted molar refractivity (Wildman–Crippen MR) is 191 cm³/mol. The smallest absolute Gasteiger partial charge is 0.264 e. The minimum absolute atomic E-state index is 0.00844. The molecular formula is C36H38Cl3N3O4S. The maximum absolute atomic E-state index is 14.7. The SMILES string of the molecule is CCCCNC(=O)C(Cc1ccccc1)N(Cc1c(Cl)cccc1Cl)C(=O)CN(c1cccc(Cl)c1C)S(=O)(=O)c1ccc(C)cc1. The van der Waals surface area contributed by atoms with Crippen molar-refractivity contribution in [2.75, 3.05) is 17.4 Å². The first kappa shape index (κ1) is 36.3. The number of sulfonamides is 1. The normalized spacial score (nSPS) is 12.0. The lowest BCUT2D eigenvalue weighted by Gasteiger charge is -2.34. The number of carbonyl (C=O) groups is 2. The molecule has 0 saturated heterocycles. The van der Waals surface area contributed by atoms with Crippen LogP contribution in [0, 0.1) is 13.8 Å². The lowest BCUT2D eigenvalue weighted by Crippen LogP contribution is -2.53. The van der Waals surface area contributed by atoms with E-state index in [-0.39, 0.29) is 29.5 Å². The Hall–Kier alpha value is -3.56. The summed E-state index contributed by atoms with van der Waals surface area (Å²) in [7, 11) is -4.28. The van der Waals surface area contributed by atoms with Crippen LogP contribution in [0.4, 0.5) is 5.69 Å². The van der Waals surface area contributed by atoms with E-state index in [4.69, 9.17) is 34.8 Å². The van der Waals surface area contributed by atoms with E-state index in [9.17, 15) is 18.0 Å². The Kier molecular flexibility index (Phi) is 12.7. The molecule has 1 unspecified atom stereocenters. The first-order valence-electron chi connectivity index (χ1n) is 15.3. The second-order valence-corrected chi connectivity index (χ2v) is 14.4. The van der Waals surface area contributed by atoms with Gasteiger partial charge in [-0.3, -0.25) is 13.9 Å². The number of benzene rings is 4. The first-order valence-corrected chi connectivity index (χ1v) is 17.9. The summed E-state index contributed by atoms with van der Waals surface area (Å²) in [5.41, 5.74) is 2.87. The maximum atomic E-state index is 14.7. The molecule has 0 aliphatic heterocycles. The standard InChI is InChI=1S/C36H38Cl3N3O4S/c1-4-5-21-40-36(44)34(22-27-11-7-6-8-12-27)41(23-29-31(38)14-9-15-32(29)39)35(43)24-42(33-16-10-13-30(37)26(33)3)47(45,46)28-19-17-25(2)18-20-28/h6-20,34H,4-5,21-24H2,1-3H3,(H,40,44). The van der Waals surface area contributed by atoms with Gasteiger partial charge in [0.15, 0.2) is 0 Å². The molecule has 4 aromatic rings. The quantitative estimate of drug-likeness (QED) is 0.134. The highest BCUT2D eigenvalue weighted by Crippen LogP contribution is 2.32. The van der Waals surface area contributed by atoms with Crippen molar-refractivity contribution in [2.45, 2.75) is 57.5 Å². The lowest BCUT2D eigenvalue weighted by atomic mass is 10.0. The number of nitrogens with one attached hydrogen (secondary N) is 1. The molecule has 7 nitrogen and oxygen atoms in total. The molecule has 0 aliphatic carbocycles. The molecule has 1 N–H and O–H groups in total. The van der Waals surface area contributed by atoms with E-state index in [0.29, 0.717) is 32.7 Å². The Labute approximate surface area is 292 Å². The summed E-state index contributed by atoms with van der Waals surface area (Å²) >= 11 is 19.6. The van der Waals surface area contributed by atoms with Crippen LogP contribution in [-0.2, 0) is 32.6 Å². The van der Waals surface area contributed by atoms with E-state index in [0.717, 1.165) is 28.3 Å². The summed E-state index contributed by atoms with van der Waals surface area (Å²) in [6.07, 6.45) is 1.80.